The summed E-state index contributed by atoms with van der Waals surface area (Å²) < 4.78 is 13.7. The lowest BCUT2D eigenvalue weighted by atomic mass is 10.1. The summed E-state index contributed by atoms with van der Waals surface area (Å²) in [7, 11) is 0. The van der Waals surface area contributed by atoms with E-state index in [4.69, 9.17) is 5.73 Å². The summed E-state index contributed by atoms with van der Waals surface area (Å²) in [6.07, 6.45) is 2.06. The van der Waals surface area contributed by atoms with Gasteiger partial charge in [0.15, 0.2) is 11.6 Å². The van der Waals surface area contributed by atoms with E-state index < -0.39 is 11.7 Å². The first-order valence-corrected chi connectivity index (χ1v) is 6.82. The van der Waals surface area contributed by atoms with Crippen molar-refractivity contribution >= 4 is 28.2 Å². The van der Waals surface area contributed by atoms with Crippen LogP contribution in [0.25, 0.3) is 0 Å². The fourth-order valence-corrected chi connectivity index (χ4v) is 2.48. The maximum absolute atomic E-state index is 13.7. The van der Waals surface area contributed by atoms with Crippen LogP contribution in [0, 0.1) is 11.7 Å². The Bertz CT molecular complexity index is 628. The molecule has 20 heavy (non-hydrogen) atoms. The zero-order valence-corrected chi connectivity index (χ0v) is 11.9. The van der Waals surface area contributed by atoms with Crippen LogP contribution in [0.2, 0.25) is 0 Å². The van der Waals surface area contributed by atoms with E-state index in [1.807, 2.05) is 0 Å². The molecule has 0 bridgehead atoms. The molecule has 0 unspecified atom stereocenters. The second-order valence-corrected chi connectivity index (χ2v) is 5.67. The van der Waals surface area contributed by atoms with Crippen molar-refractivity contribution in [2.75, 3.05) is 11.1 Å². The molecular weight excluding hydrogens is 281 g/mol. The molecule has 0 aliphatic rings. The Hall–Kier alpha value is -2.09. The number of amides is 1. The SMILES string of the molecule is CC(C)Cc1nnc(NC(=O)c2ccnc(N)c2F)s1. The van der Waals surface area contributed by atoms with Gasteiger partial charge in [-0.2, -0.15) is 0 Å². The molecule has 0 aliphatic heterocycles. The van der Waals surface area contributed by atoms with Crippen LogP contribution in [-0.2, 0) is 6.42 Å². The predicted octanol–water partition coefficient (Wildman–Crippen LogP) is 2.11. The minimum atomic E-state index is -0.836. The van der Waals surface area contributed by atoms with E-state index in [0.717, 1.165) is 11.4 Å². The number of nitrogens with zero attached hydrogens (tertiary/aromatic N) is 3. The third-order valence-electron chi connectivity index (χ3n) is 2.43. The molecular formula is C12H14FN5OS. The van der Waals surface area contributed by atoms with Crippen LogP contribution in [-0.4, -0.2) is 21.1 Å². The van der Waals surface area contributed by atoms with E-state index in [1.54, 1.807) is 0 Å². The van der Waals surface area contributed by atoms with Gasteiger partial charge in [-0.15, -0.1) is 10.2 Å². The molecule has 1 amide bonds. The molecule has 6 nitrogen and oxygen atoms in total. The molecule has 0 saturated heterocycles. The van der Waals surface area contributed by atoms with Crippen molar-refractivity contribution in [2.45, 2.75) is 20.3 Å². The molecule has 0 saturated carbocycles. The van der Waals surface area contributed by atoms with Crippen molar-refractivity contribution in [2.24, 2.45) is 5.92 Å². The average Bonchev–Trinajstić information content (AvgIpc) is 2.79. The summed E-state index contributed by atoms with van der Waals surface area (Å²) in [6.45, 7) is 4.13. The number of carbonyl (C=O) groups excluding carboxylic acids is 1. The highest BCUT2D eigenvalue weighted by Crippen LogP contribution is 2.20. The van der Waals surface area contributed by atoms with Crippen LogP contribution in [0.4, 0.5) is 15.3 Å². The van der Waals surface area contributed by atoms with Gasteiger partial charge in [-0.25, -0.2) is 9.37 Å². The topological polar surface area (TPSA) is 93.8 Å². The molecule has 106 valence electrons. The minimum Gasteiger partial charge on any atom is -0.381 e. The fraction of sp³-hybridized carbons (Fsp3) is 0.333. The molecule has 2 rings (SSSR count). The lowest BCUT2D eigenvalue weighted by Crippen LogP contribution is -2.15. The molecule has 2 aromatic heterocycles. The number of halogens is 1. The Balaban J connectivity index is 2.11. The van der Waals surface area contributed by atoms with Gasteiger partial charge in [0.05, 0.1) is 5.56 Å². The lowest BCUT2D eigenvalue weighted by molar-refractivity contribution is 0.102. The van der Waals surface area contributed by atoms with Gasteiger partial charge < -0.3 is 5.73 Å². The van der Waals surface area contributed by atoms with Gasteiger partial charge in [0.2, 0.25) is 5.13 Å². The first-order chi connectivity index (χ1) is 9.47. The lowest BCUT2D eigenvalue weighted by Gasteiger charge is -2.03. The number of pyridine rings is 1. The number of anilines is 2. The van der Waals surface area contributed by atoms with Crippen molar-refractivity contribution in [1.82, 2.24) is 15.2 Å². The van der Waals surface area contributed by atoms with Crippen LogP contribution >= 0.6 is 11.3 Å². The zero-order valence-electron chi connectivity index (χ0n) is 11.1. The van der Waals surface area contributed by atoms with Gasteiger partial charge in [0.1, 0.15) is 5.01 Å². The number of hydrogen-bond donors (Lipinski definition) is 2. The molecule has 0 radical (unpaired) electrons. The number of aromatic nitrogens is 3. The average molecular weight is 295 g/mol. The minimum absolute atomic E-state index is 0.168. The van der Waals surface area contributed by atoms with E-state index in [9.17, 15) is 9.18 Å². The Morgan fingerprint density at radius 3 is 2.95 bits per heavy atom. The molecule has 0 spiro atoms. The maximum Gasteiger partial charge on any atom is 0.260 e. The standard InChI is InChI=1S/C12H14FN5OS/c1-6(2)5-8-17-18-12(20-8)16-11(19)7-3-4-15-10(14)9(7)13/h3-4,6H,5H2,1-2H3,(H2,14,15)(H,16,18,19). The van der Waals surface area contributed by atoms with E-state index in [1.165, 1.54) is 23.6 Å². The number of nitrogens with one attached hydrogen (secondary N) is 1. The summed E-state index contributed by atoms with van der Waals surface area (Å²) in [5.74, 6) is -1.32. The van der Waals surface area contributed by atoms with Crippen molar-refractivity contribution in [3.05, 3.63) is 28.7 Å². The summed E-state index contributed by atoms with van der Waals surface area (Å²) in [5.41, 5.74) is 5.15. The largest absolute Gasteiger partial charge is 0.381 e. The second-order valence-electron chi connectivity index (χ2n) is 4.61. The molecule has 0 aliphatic carbocycles. The number of nitrogens with two attached hydrogens (primary N) is 1. The third-order valence-corrected chi connectivity index (χ3v) is 3.29. The number of rotatable bonds is 4. The van der Waals surface area contributed by atoms with E-state index in [0.29, 0.717) is 11.0 Å². The van der Waals surface area contributed by atoms with Gasteiger partial charge >= 0.3 is 0 Å². The number of carbonyl (C=O) groups is 1. The smallest absolute Gasteiger partial charge is 0.260 e. The van der Waals surface area contributed by atoms with E-state index >= 15 is 0 Å². The second kappa shape index (κ2) is 5.91. The molecule has 0 fully saturated rings. The highest BCUT2D eigenvalue weighted by molar-refractivity contribution is 7.15. The summed E-state index contributed by atoms with van der Waals surface area (Å²) in [6, 6.07) is 1.26. The van der Waals surface area contributed by atoms with Gasteiger partial charge in [0, 0.05) is 12.6 Å². The fourth-order valence-electron chi connectivity index (χ4n) is 1.54. The van der Waals surface area contributed by atoms with Crippen LogP contribution < -0.4 is 11.1 Å². The number of hydrogen-bond acceptors (Lipinski definition) is 6. The van der Waals surface area contributed by atoms with Crippen LogP contribution in [0.1, 0.15) is 29.2 Å². The van der Waals surface area contributed by atoms with Crippen molar-refractivity contribution in [3.8, 4) is 0 Å². The van der Waals surface area contributed by atoms with E-state index in [2.05, 4.69) is 34.3 Å². The summed E-state index contributed by atoms with van der Waals surface area (Å²) in [5, 5.41) is 11.5. The highest BCUT2D eigenvalue weighted by Gasteiger charge is 2.16. The third kappa shape index (κ3) is 3.27. The zero-order chi connectivity index (χ0) is 14.7. The molecule has 2 heterocycles. The number of nitrogen functional groups attached to an aromatic ring is 1. The first kappa shape index (κ1) is 14.3. The molecule has 0 aromatic carbocycles. The molecule has 3 N–H and O–H groups in total. The Morgan fingerprint density at radius 2 is 2.25 bits per heavy atom. The Morgan fingerprint density at radius 1 is 1.50 bits per heavy atom. The molecule has 0 atom stereocenters. The maximum atomic E-state index is 13.7. The van der Waals surface area contributed by atoms with Gasteiger partial charge in [-0.05, 0) is 12.0 Å². The molecule has 2 aromatic rings. The summed E-state index contributed by atoms with van der Waals surface area (Å²) >= 11 is 1.27. The quantitative estimate of drug-likeness (QED) is 0.901. The monoisotopic (exact) mass is 295 g/mol. The van der Waals surface area contributed by atoms with Gasteiger partial charge in [-0.3, -0.25) is 10.1 Å². The van der Waals surface area contributed by atoms with Crippen molar-refractivity contribution < 1.29 is 9.18 Å². The van der Waals surface area contributed by atoms with Crippen LogP contribution in [0.3, 0.4) is 0 Å². The molecule has 8 heteroatoms. The Labute approximate surface area is 119 Å². The highest BCUT2D eigenvalue weighted by atomic mass is 32.1. The summed E-state index contributed by atoms with van der Waals surface area (Å²) in [4.78, 5) is 15.5. The van der Waals surface area contributed by atoms with Crippen LogP contribution in [0.15, 0.2) is 12.3 Å². The van der Waals surface area contributed by atoms with Gasteiger partial charge in [-0.1, -0.05) is 25.2 Å². The van der Waals surface area contributed by atoms with Crippen molar-refractivity contribution in [1.29, 1.82) is 0 Å². The van der Waals surface area contributed by atoms with Crippen LogP contribution in [0.5, 0.6) is 0 Å². The normalized spacial score (nSPS) is 10.8. The first-order valence-electron chi connectivity index (χ1n) is 6.01. The van der Waals surface area contributed by atoms with E-state index in [-0.39, 0.29) is 11.4 Å². The van der Waals surface area contributed by atoms with Crippen molar-refractivity contribution in [3.63, 3.8) is 0 Å². The van der Waals surface area contributed by atoms with Gasteiger partial charge in [0.25, 0.3) is 5.91 Å². The Kier molecular flexibility index (Phi) is 4.23. The predicted molar refractivity (Wildman–Crippen MR) is 75.0 cm³/mol.